The van der Waals surface area contributed by atoms with Gasteiger partial charge in [-0.3, -0.25) is 33.7 Å². The largest absolute Gasteiger partial charge is 0.445 e. The van der Waals surface area contributed by atoms with Crippen molar-refractivity contribution in [3.05, 3.63) is 77.1 Å². The SMILES string of the molecule is CCC(C)C(C(CC(=O)N1CCCC1C(OC)[C@@H](C)C(=O)NC(C)C(O)c1ccccc1)OC)N(C)C(=O)CNC(=O)C(C(C)C)N(C)C(=O)OCc1ccc(NC(=O)CNC(=O)CCCN(N)/C(CBr)=C(\N)CBr)cc1. The molecular weight excluding hydrogens is 1120 g/mol. The molecule has 2 aromatic rings. The van der Waals surface area contributed by atoms with Crippen molar-refractivity contribution >= 4 is 79.1 Å². The average Bonchev–Trinajstić information content (AvgIpc) is 3.91. The van der Waals surface area contributed by atoms with E-state index < -0.39 is 78.8 Å². The molecule has 9 N–H and O–H groups in total. The summed E-state index contributed by atoms with van der Waals surface area (Å²) in [7, 11) is 6.08. The predicted molar refractivity (Wildman–Crippen MR) is 302 cm³/mol. The highest BCUT2D eigenvalue weighted by Crippen LogP contribution is 2.30. The van der Waals surface area contributed by atoms with E-state index in [9.17, 15) is 38.7 Å². The Kier molecular flexibility index (Phi) is 28.4. The first-order valence-corrected chi connectivity index (χ1v) is 28.4. The lowest BCUT2D eigenvalue weighted by Gasteiger charge is -2.39. The van der Waals surface area contributed by atoms with E-state index >= 15 is 0 Å². The number of nitrogens with two attached hydrogens (primary N) is 2. The van der Waals surface area contributed by atoms with E-state index in [4.69, 9.17) is 25.8 Å². The number of likely N-dealkylation sites (tertiary alicyclic amines) is 1. The number of nitrogens with zero attached hydrogens (tertiary/aromatic N) is 4. The third kappa shape index (κ3) is 19.8. The van der Waals surface area contributed by atoms with Crippen molar-refractivity contribution in [2.75, 3.05) is 70.5 Å². The molecule has 21 nitrogen and oxygen atoms in total. The highest BCUT2D eigenvalue weighted by Gasteiger charge is 2.42. The number of carbonyl (C=O) groups is 7. The number of anilines is 1. The number of allylic oxidation sites excluding steroid dienone is 2. The molecule has 9 atom stereocenters. The van der Waals surface area contributed by atoms with Crippen LogP contribution in [0, 0.1) is 17.8 Å². The summed E-state index contributed by atoms with van der Waals surface area (Å²) in [6.45, 7) is 11.0. The molecule has 430 valence electrons. The molecule has 0 aliphatic carbocycles. The van der Waals surface area contributed by atoms with Gasteiger partial charge in [0.2, 0.25) is 35.4 Å². The summed E-state index contributed by atoms with van der Waals surface area (Å²) in [6.07, 6.45) is -0.544. The number of nitrogens with one attached hydrogen (secondary N) is 4. The van der Waals surface area contributed by atoms with Gasteiger partial charge in [-0.25, -0.2) is 10.6 Å². The topological polar surface area (TPSA) is 281 Å². The quantitative estimate of drug-likeness (QED) is 0.0311. The Hall–Kier alpha value is -5.33. The van der Waals surface area contributed by atoms with Gasteiger partial charge in [-0.05, 0) is 61.3 Å². The van der Waals surface area contributed by atoms with Crippen LogP contribution >= 0.6 is 31.9 Å². The highest BCUT2D eigenvalue weighted by molar-refractivity contribution is 9.09. The van der Waals surface area contributed by atoms with Gasteiger partial charge in [-0.15, -0.1) is 0 Å². The summed E-state index contributed by atoms with van der Waals surface area (Å²) in [5, 5.41) is 24.2. The molecule has 77 heavy (non-hydrogen) atoms. The fraction of sp³-hybridized carbons (Fsp3) is 0.611. The van der Waals surface area contributed by atoms with Crippen LogP contribution < -0.4 is 32.8 Å². The molecule has 0 spiro atoms. The second kappa shape index (κ2) is 33.2. The van der Waals surface area contributed by atoms with Gasteiger partial charge in [0.25, 0.3) is 0 Å². The van der Waals surface area contributed by atoms with Crippen LogP contribution in [-0.2, 0) is 49.6 Å². The number of halogens is 2. The summed E-state index contributed by atoms with van der Waals surface area (Å²) in [4.78, 5) is 98.1. The van der Waals surface area contributed by atoms with Crippen molar-refractivity contribution in [1.82, 2.24) is 35.7 Å². The average molecular weight is 1210 g/mol. The lowest BCUT2D eigenvalue weighted by atomic mass is 9.90. The van der Waals surface area contributed by atoms with Crippen molar-refractivity contribution in [3.63, 3.8) is 0 Å². The molecule has 0 aromatic heterocycles. The molecule has 0 saturated carbocycles. The van der Waals surface area contributed by atoms with Crippen molar-refractivity contribution in [3.8, 4) is 0 Å². The summed E-state index contributed by atoms with van der Waals surface area (Å²) >= 11 is 6.67. The smallest absolute Gasteiger partial charge is 0.410 e. The molecule has 3 rings (SSSR count). The first-order valence-electron chi connectivity index (χ1n) is 26.1. The van der Waals surface area contributed by atoms with E-state index in [2.05, 4.69) is 53.1 Å². The van der Waals surface area contributed by atoms with Crippen LogP contribution in [0.3, 0.4) is 0 Å². The molecule has 0 radical (unpaired) electrons. The van der Waals surface area contributed by atoms with Gasteiger partial charge in [0.15, 0.2) is 0 Å². The van der Waals surface area contributed by atoms with Gasteiger partial charge in [-0.2, -0.15) is 0 Å². The number of ether oxygens (including phenoxy) is 3. The molecule has 2 aromatic carbocycles. The van der Waals surface area contributed by atoms with Crippen molar-refractivity contribution in [1.29, 1.82) is 0 Å². The minimum absolute atomic E-state index is 0.0588. The zero-order valence-electron chi connectivity index (χ0n) is 46.4. The Balaban J connectivity index is 1.54. The monoisotopic (exact) mass is 1210 g/mol. The summed E-state index contributed by atoms with van der Waals surface area (Å²) < 4.78 is 17.5. The third-order valence-corrected chi connectivity index (χ3v) is 15.3. The number of likely N-dealkylation sites (N-methyl/N-ethyl adjacent to an activating group) is 2. The zero-order valence-corrected chi connectivity index (χ0v) is 49.6. The van der Waals surface area contributed by atoms with E-state index in [0.29, 0.717) is 77.6 Å². The molecule has 8 unspecified atom stereocenters. The minimum Gasteiger partial charge on any atom is -0.445 e. The van der Waals surface area contributed by atoms with Gasteiger partial charge in [0.05, 0.1) is 67.6 Å². The molecular formula is C54H84Br2N10O11. The molecule has 7 amide bonds. The number of methoxy groups -OCH3 is 2. The maximum absolute atomic E-state index is 14.2. The number of carbonyl (C=O) groups excluding carboxylic acids is 7. The number of hydrogen-bond donors (Lipinski definition) is 7. The number of hydrogen-bond acceptors (Lipinski definition) is 14. The Bertz CT molecular complexity index is 2260. The number of hydrazine groups is 1. The van der Waals surface area contributed by atoms with Crippen molar-refractivity contribution in [2.45, 2.75) is 129 Å². The second-order valence-electron chi connectivity index (χ2n) is 19.9. The number of aliphatic hydroxyl groups excluding tert-OH is 1. The Morgan fingerprint density at radius 1 is 0.857 bits per heavy atom. The lowest BCUT2D eigenvalue weighted by molar-refractivity contribution is -0.146. The van der Waals surface area contributed by atoms with E-state index in [1.54, 1.807) is 76.0 Å². The van der Waals surface area contributed by atoms with Crippen LogP contribution in [0.15, 0.2) is 66.0 Å². The van der Waals surface area contributed by atoms with Gasteiger partial charge < -0.3 is 61.1 Å². The number of aliphatic hydroxyl groups is 1. The van der Waals surface area contributed by atoms with Crippen LogP contribution in [0.1, 0.15) is 97.3 Å². The van der Waals surface area contributed by atoms with Gasteiger partial charge >= 0.3 is 6.09 Å². The predicted octanol–water partition coefficient (Wildman–Crippen LogP) is 4.53. The summed E-state index contributed by atoms with van der Waals surface area (Å²) in [6, 6.07) is 13.1. The number of rotatable bonds is 31. The molecule has 0 bridgehead atoms. The van der Waals surface area contributed by atoms with Crippen LogP contribution in [-0.4, -0.2) is 168 Å². The lowest BCUT2D eigenvalue weighted by Crippen LogP contribution is -2.56. The van der Waals surface area contributed by atoms with Crippen LogP contribution in [0.25, 0.3) is 0 Å². The fourth-order valence-corrected chi connectivity index (χ4v) is 10.5. The Morgan fingerprint density at radius 3 is 2.10 bits per heavy atom. The Labute approximate surface area is 471 Å². The summed E-state index contributed by atoms with van der Waals surface area (Å²) in [5.41, 5.74) is 9.00. The van der Waals surface area contributed by atoms with E-state index in [-0.39, 0.29) is 55.6 Å². The number of alkyl halides is 2. The summed E-state index contributed by atoms with van der Waals surface area (Å²) in [5.74, 6) is 2.65. The van der Waals surface area contributed by atoms with Crippen molar-refractivity contribution in [2.24, 2.45) is 29.3 Å². The van der Waals surface area contributed by atoms with Crippen LogP contribution in [0.2, 0.25) is 0 Å². The van der Waals surface area contributed by atoms with Crippen molar-refractivity contribution < 1.29 is 52.9 Å². The Morgan fingerprint density at radius 2 is 1.52 bits per heavy atom. The van der Waals surface area contributed by atoms with Gasteiger partial charge in [0, 0.05) is 69.9 Å². The molecule has 1 aliphatic heterocycles. The molecule has 1 saturated heterocycles. The first kappa shape index (κ1) is 66.0. The van der Waals surface area contributed by atoms with Gasteiger partial charge in [0.1, 0.15) is 12.6 Å². The molecule has 1 aliphatic rings. The van der Waals surface area contributed by atoms with Gasteiger partial charge in [-0.1, -0.05) is 115 Å². The minimum atomic E-state index is -1.00. The van der Waals surface area contributed by atoms with E-state index in [0.717, 1.165) is 0 Å². The van der Waals surface area contributed by atoms with Crippen LogP contribution in [0.4, 0.5) is 10.5 Å². The number of benzene rings is 2. The van der Waals surface area contributed by atoms with E-state index in [1.807, 2.05) is 32.0 Å². The maximum Gasteiger partial charge on any atom is 0.410 e. The highest BCUT2D eigenvalue weighted by atomic mass is 79.9. The second-order valence-corrected chi connectivity index (χ2v) is 21.0. The first-order chi connectivity index (χ1) is 36.5. The molecule has 1 fully saturated rings. The zero-order chi connectivity index (χ0) is 57.5. The maximum atomic E-state index is 14.2. The molecule has 23 heteroatoms. The fourth-order valence-electron chi connectivity index (χ4n) is 9.50. The third-order valence-electron chi connectivity index (χ3n) is 14.1. The number of amides is 7. The van der Waals surface area contributed by atoms with E-state index in [1.165, 1.54) is 36.1 Å². The molecule has 1 heterocycles. The normalized spacial score (nSPS) is 16.8. The standard InChI is InChI=1S/C54H84Br2N10O11/c1-11-34(4)49(43(75-9)27-46(69)65-25-15-19-41(65)51(76-10)35(5)52(72)61-36(6)50(71)38-17-13-12-14-18-38)63(7)47(70)31-60-53(73)48(33(2)3)64(8)54(74)77-32-37-21-23-39(24-22-37)62-45(68)30-59-44(67)20-16-26-66(58)42(29-56)40(57)28-55/h12-14,17-18,21-24,33-36,41,43,48-51,71H,11,15-16,19-20,25-32,57-58H2,1-10H3,(H,59,67)(H,60,73)(H,61,72)(H,62,68)/b42-40-/t34?,35-,36?,41?,43?,48?,49?,50?,51?/m1/s1. The van der Waals surface area contributed by atoms with Crippen LogP contribution in [0.5, 0.6) is 0 Å².